The van der Waals surface area contributed by atoms with Crippen LogP contribution in [0.4, 0.5) is 5.69 Å². The van der Waals surface area contributed by atoms with Gasteiger partial charge in [0.15, 0.2) is 0 Å². The highest BCUT2D eigenvalue weighted by atomic mass is 16.7. The fourth-order valence-corrected chi connectivity index (χ4v) is 2.44. The monoisotopic (exact) mass is 296 g/mol. The minimum atomic E-state index is 0.773. The average Bonchev–Trinajstić information content (AvgIpc) is 2.54. The van der Waals surface area contributed by atoms with E-state index >= 15 is 0 Å². The summed E-state index contributed by atoms with van der Waals surface area (Å²) in [5.41, 5.74) is 4.47. The Morgan fingerprint density at radius 2 is 1.68 bits per heavy atom. The summed E-state index contributed by atoms with van der Waals surface area (Å²) in [6.45, 7) is 6.99. The van der Waals surface area contributed by atoms with E-state index in [-0.39, 0.29) is 0 Å². The summed E-state index contributed by atoms with van der Waals surface area (Å²) in [6.07, 6.45) is 4.88. The van der Waals surface area contributed by atoms with Crippen molar-refractivity contribution in [2.24, 2.45) is 0 Å². The molecule has 0 amide bonds. The molecule has 2 nitrogen and oxygen atoms in total. The van der Waals surface area contributed by atoms with Gasteiger partial charge < -0.3 is 0 Å². The largest absolute Gasteiger partial charge is 0.274 e. The van der Waals surface area contributed by atoms with E-state index in [0.717, 1.165) is 24.3 Å². The third-order valence-electron chi connectivity index (χ3n) is 3.75. The smallest absolute Gasteiger partial charge is 0.0748 e. The first kappa shape index (κ1) is 16.6. The number of hydrogen-bond acceptors (Lipinski definition) is 2. The van der Waals surface area contributed by atoms with Gasteiger partial charge >= 0.3 is 0 Å². The molecule has 0 atom stereocenters. The van der Waals surface area contributed by atoms with E-state index in [0.29, 0.717) is 0 Å². The molecule has 0 heterocycles. The standard InChI is InChI=1S/C20H26NO/c1-4-5-6-7-14-22-21(3)20-13-9-12-19(16-20)18-11-8-10-17(2)15-18/h8-13,15-16H,2,4-7,14H2,1,3H3. The van der Waals surface area contributed by atoms with Gasteiger partial charge in [0.1, 0.15) is 0 Å². The molecular formula is C20H26NO. The van der Waals surface area contributed by atoms with Crippen LogP contribution in [-0.2, 0) is 4.84 Å². The summed E-state index contributed by atoms with van der Waals surface area (Å²) >= 11 is 0. The number of anilines is 1. The van der Waals surface area contributed by atoms with Gasteiger partial charge in [-0.3, -0.25) is 9.90 Å². The molecule has 0 unspecified atom stereocenters. The highest BCUT2D eigenvalue weighted by molar-refractivity contribution is 5.68. The Morgan fingerprint density at radius 1 is 0.955 bits per heavy atom. The molecule has 0 aliphatic rings. The molecule has 0 saturated carbocycles. The van der Waals surface area contributed by atoms with Crippen LogP contribution in [0.5, 0.6) is 0 Å². The van der Waals surface area contributed by atoms with E-state index in [2.05, 4.69) is 50.2 Å². The first-order valence-corrected chi connectivity index (χ1v) is 8.10. The second-order valence-electron chi connectivity index (χ2n) is 5.64. The summed E-state index contributed by atoms with van der Waals surface area (Å²) in [7, 11) is 1.97. The highest BCUT2D eigenvalue weighted by Crippen LogP contribution is 2.25. The SMILES string of the molecule is [CH2]c1cccc(-c2cccc(N(C)OCCCCCC)c2)c1. The fraction of sp³-hybridized carbons (Fsp3) is 0.350. The molecule has 0 saturated heterocycles. The van der Waals surface area contributed by atoms with E-state index in [1.54, 1.807) is 0 Å². The minimum Gasteiger partial charge on any atom is -0.274 e. The van der Waals surface area contributed by atoms with Crippen molar-refractivity contribution in [2.45, 2.75) is 32.6 Å². The lowest BCUT2D eigenvalue weighted by Crippen LogP contribution is -2.18. The summed E-state index contributed by atoms with van der Waals surface area (Å²) in [6, 6.07) is 16.7. The molecule has 0 aliphatic heterocycles. The predicted molar refractivity (Wildman–Crippen MR) is 94.8 cm³/mol. The van der Waals surface area contributed by atoms with Gasteiger partial charge in [0, 0.05) is 7.05 Å². The molecular weight excluding hydrogens is 270 g/mol. The van der Waals surface area contributed by atoms with E-state index in [1.165, 1.54) is 30.4 Å². The number of hydrogen-bond donors (Lipinski definition) is 0. The van der Waals surface area contributed by atoms with Crippen LogP contribution < -0.4 is 5.06 Å². The van der Waals surface area contributed by atoms with Gasteiger partial charge in [0.05, 0.1) is 12.3 Å². The van der Waals surface area contributed by atoms with E-state index in [1.807, 2.05) is 24.2 Å². The lowest BCUT2D eigenvalue weighted by atomic mass is 10.0. The summed E-state index contributed by atoms with van der Waals surface area (Å²) in [5, 5.41) is 1.86. The zero-order chi connectivity index (χ0) is 15.8. The van der Waals surface area contributed by atoms with Gasteiger partial charge in [-0.1, -0.05) is 62.6 Å². The van der Waals surface area contributed by atoms with Crippen LogP contribution in [0.25, 0.3) is 11.1 Å². The van der Waals surface area contributed by atoms with Gasteiger partial charge in [-0.15, -0.1) is 0 Å². The molecule has 117 valence electrons. The molecule has 0 fully saturated rings. The molecule has 22 heavy (non-hydrogen) atoms. The molecule has 0 bridgehead atoms. The van der Waals surface area contributed by atoms with Gasteiger partial charge in [0.2, 0.25) is 0 Å². The number of hydroxylamine groups is 1. The van der Waals surface area contributed by atoms with Gasteiger partial charge in [0.25, 0.3) is 0 Å². The van der Waals surface area contributed by atoms with Crippen LogP contribution in [0.3, 0.4) is 0 Å². The Morgan fingerprint density at radius 3 is 2.41 bits per heavy atom. The van der Waals surface area contributed by atoms with Crippen LogP contribution >= 0.6 is 0 Å². The minimum absolute atomic E-state index is 0.773. The maximum absolute atomic E-state index is 5.81. The summed E-state index contributed by atoms with van der Waals surface area (Å²) < 4.78 is 0. The first-order chi connectivity index (χ1) is 10.7. The van der Waals surface area contributed by atoms with Gasteiger partial charge in [-0.25, -0.2) is 0 Å². The topological polar surface area (TPSA) is 12.5 Å². The van der Waals surface area contributed by atoms with E-state index in [4.69, 9.17) is 4.84 Å². The normalized spacial score (nSPS) is 10.7. The number of rotatable bonds is 8. The zero-order valence-corrected chi connectivity index (χ0v) is 13.7. The number of benzene rings is 2. The molecule has 2 rings (SSSR count). The fourth-order valence-electron chi connectivity index (χ4n) is 2.44. The third kappa shape index (κ3) is 4.88. The Kier molecular flexibility index (Phi) is 6.47. The van der Waals surface area contributed by atoms with Crippen molar-refractivity contribution >= 4 is 5.69 Å². The molecule has 1 radical (unpaired) electrons. The lowest BCUT2D eigenvalue weighted by molar-refractivity contribution is 0.118. The van der Waals surface area contributed by atoms with Crippen LogP contribution in [0, 0.1) is 6.92 Å². The van der Waals surface area contributed by atoms with Gasteiger partial charge in [-0.2, -0.15) is 0 Å². The summed E-state index contributed by atoms with van der Waals surface area (Å²) in [5.74, 6) is 0. The van der Waals surface area contributed by atoms with Crippen LogP contribution in [0.15, 0.2) is 48.5 Å². The third-order valence-corrected chi connectivity index (χ3v) is 3.75. The molecule has 0 spiro atoms. The lowest BCUT2D eigenvalue weighted by Gasteiger charge is -2.19. The second-order valence-corrected chi connectivity index (χ2v) is 5.64. The van der Waals surface area contributed by atoms with Crippen LogP contribution in [0.2, 0.25) is 0 Å². The van der Waals surface area contributed by atoms with Gasteiger partial charge in [-0.05, 0) is 42.2 Å². The second kappa shape index (κ2) is 8.60. The van der Waals surface area contributed by atoms with Crippen LogP contribution in [-0.4, -0.2) is 13.7 Å². The van der Waals surface area contributed by atoms with Crippen molar-refractivity contribution in [3.63, 3.8) is 0 Å². The Balaban J connectivity index is 1.98. The molecule has 0 N–H and O–H groups in total. The Hall–Kier alpha value is -1.80. The van der Waals surface area contributed by atoms with Crippen molar-refractivity contribution in [3.05, 3.63) is 61.0 Å². The molecule has 0 aliphatic carbocycles. The van der Waals surface area contributed by atoms with Crippen molar-refractivity contribution < 1.29 is 4.84 Å². The van der Waals surface area contributed by atoms with E-state index in [9.17, 15) is 0 Å². The maximum Gasteiger partial charge on any atom is 0.0748 e. The molecule has 2 heteroatoms. The molecule has 2 aromatic carbocycles. The highest BCUT2D eigenvalue weighted by Gasteiger charge is 2.04. The van der Waals surface area contributed by atoms with Crippen molar-refractivity contribution in [1.29, 1.82) is 0 Å². The number of unbranched alkanes of at least 4 members (excludes halogenated alkanes) is 3. The molecule has 2 aromatic rings. The zero-order valence-electron chi connectivity index (χ0n) is 13.7. The number of nitrogens with zero attached hydrogens (tertiary/aromatic N) is 1. The van der Waals surface area contributed by atoms with E-state index < -0.39 is 0 Å². The molecule has 0 aromatic heterocycles. The quantitative estimate of drug-likeness (QED) is 0.472. The van der Waals surface area contributed by atoms with Crippen molar-refractivity contribution in [3.8, 4) is 11.1 Å². The Labute approximate surface area is 134 Å². The van der Waals surface area contributed by atoms with Crippen molar-refractivity contribution in [1.82, 2.24) is 0 Å². The Bertz CT molecular complexity index is 579. The summed E-state index contributed by atoms with van der Waals surface area (Å²) in [4.78, 5) is 5.81. The van der Waals surface area contributed by atoms with Crippen molar-refractivity contribution in [2.75, 3.05) is 18.7 Å². The predicted octanol–water partition coefficient (Wildman–Crippen LogP) is 5.48. The van der Waals surface area contributed by atoms with Crippen LogP contribution in [0.1, 0.15) is 38.2 Å². The first-order valence-electron chi connectivity index (χ1n) is 8.10. The average molecular weight is 296 g/mol. The maximum atomic E-state index is 5.81.